The Kier molecular flexibility index (Phi) is 16.1. The molecule has 6 rings (SSSR count). The highest BCUT2D eigenvalue weighted by molar-refractivity contribution is 7.85. The maximum atomic E-state index is 12.7. The van der Waals surface area contributed by atoms with Gasteiger partial charge in [0.25, 0.3) is 0 Å². The van der Waals surface area contributed by atoms with Gasteiger partial charge in [0.2, 0.25) is 5.36 Å². The lowest BCUT2D eigenvalue weighted by Crippen LogP contribution is -2.29. The number of ether oxygens (including phenoxy) is 1. The van der Waals surface area contributed by atoms with Gasteiger partial charge in [0.05, 0.1) is 23.6 Å². The third-order valence-corrected chi connectivity index (χ3v) is 11.9. The number of unbranched alkanes of at least 4 members (excludes halogenated alkanes) is 7. The number of benzene rings is 5. The summed E-state index contributed by atoms with van der Waals surface area (Å²) in [6.45, 7) is 14.5. The van der Waals surface area contributed by atoms with E-state index in [4.69, 9.17) is 9.15 Å². The maximum absolute atomic E-state index is 12.7. The molecule has 0 aromatic heterocycles. The van der Waals surface area contributed by atoms with Crippen LogP contribution in [-0.4, -0.2) is 52.2 Å². The molecule has 0 spiro atoms. The van der Waals surface area contributed by atoms with Crippen LogP contribution in [0.15, 0.2) is 106 Å². The van der Waals surface area contributed by atoms with Crippen molar-refractivity contribution in [2.45, 2.75) is 97.3 Å². The summed E-state index contributed by atoms with van der Waals surface area (Å²) >= 11 is 0. The second kappa shape index (κ2) is 21.1. The number of carbonyl (C=O) groups excluding carboxylic acids is 1. The van der Waals surface area contributed by atoms with E-state index in [0.29, 0.717) is 5.56 Å². The molecule has 9 heteroatoms. The van der Waals surface area contributed by atoms with Crippen LogP contribution >= 0.6 is 0 Å². The molecular formula is C49H60N2O6S. The van der Waals surface area contributed by atoms with Crippen LogP contribution in [0.3, 0.4) is 0 Å². The Bertz CT molecular complexity index is 2440. The Balaban J connectivity index is 0.000000235. The number of aryl methyl sites for hydroxylation is 1. The number of nitrogens with zero attached hydrogens (tertiary/aromatic N) is 2. The molecule has 0 N–H and O–H groups in total. The second-order valence-electron chi connectivity index (χ2n) is 14.7. The van der Waals surface area contributed by atoms with E-state index in [0.717, 1.165) is 87.8 Å². The third-order valence-electron chi connectivity index (χ3n) is 11.0. The third kappa shape index (κ3) is 10.9. The molecule has 58 heavy (non-hydrogen) atoms. The van der Waals surface area contributed by atoms with Crippen molar-refractivity contribution in [1.29, 1.82) is 0 Å². The van der Waals surface area contributed by atoms with Gasteiger partial charge in [-0.2, -0.15) is 0 Å². The van der Waals surface area contributed by atoms with Crippen LogP contribution < -0.4 is 14.8 Å². The summed E-state index contributed by atoms with van der Waals surface area (Å²) in [6.07, 6.45) is 11.5. The fraction of sp³-hybridized carbons (Fsp3) is 0.388. The monoisotopic (exact) mass is 804 g/mol. The maximum Gasteiger partial charge on any atom is 0.338 e. The smallest absolute Gasteiger partial charge is 0.338 e. The molecule has 0 fully saturated rings. The first-order valence-electron chi connectivity index (χ1n) is 21.1. The van der Waals surface area contributed by atoms with Crippen molar-refractivity contribution >= 4 is 43.5 Å². The molecule has 0 unspecified atom stereocenters. The number of rotatable bonds is 17. The van der Waals surface area contributed by atoms with E-state index in [1.165, 1.54) is 76.2 Å². The Hall–Kier alpha value is -4.99. The van der Waals surface area contributed by atoms with Crippen LogP contribution in [0.5, 0.6) is 0 Å². The number of hydrogen-bond donors (Lipinski definition) is 0. The second-order valence-corrected chi connectivity index (χ2v) is 16.1. The zero-order chi connectivity index (χ0) is 41.7. The molecule has 0 saturated carbocycles. The zero-order valence-corrected chi connectivity index (χ0v) is 36.0. The first kappa shape index (κ1) is 44.1. The molecule has 0 amide bonds. The molecule has 0 atom stereocenters. The van der Waals surface area contributed by atoms with E-state index in [9.17, 15) is 17.8 Å². The summed E-state index contributed by atoms with van der Waals surface area (Å²) in [5.41, 5.74) is 6.51. The molecule has 1 heterocycles. The average molecular weight is 805 g/mol. The Morgan fingerprint density at radius 3 is 2.07 bits per heavy atom. The van der Waals surface area contributed by atoms with E-state index >= 15 is 0 Å². The van der Waals surface area contributed by atoms with Gasteiger partial charge in [-0.15, -0.1) is 0 Å². The molecule has 1 aliphatic heterocycles. The number of hydrogen-bond acceptors (Lipinski definition) is 7. The predicted molar refractivity (Wildman–Crippen MR) is 238 cm³/mol. The van der Waals surface area contributed by atoms with Gasteiger partial charge in [0.15, 0.2) is 0 Å². The van der Waals surface area contributed by atoms with Crippen molar-refractivity contribution in [3.8, 4) is 22.5 Å². The molecule has 308 valence electrons. The number of esters is 1. The average Bonchev–Trinajstić information content (AvgIpc) is 3.24. The van der Waals surface area contributed by atoms with E-state index in [-0.39, 0.29) is 10.9 Å². The van der Waals surface area contributed by atoms with E-state index in [1.54, 1.807) is 6.07 Å². The van der Waals surface area contributed by atoms with Gasteiger partial charge >= 0.3 is 5.97 Å². The Morgan fingerprint density at radius 1 is 0.724 bits per heavy atom. The van der Waals surface area contributed by atoms with Crippen LogP contribution in [0.2, 0.25) is 0 Å². The van der Waals surface area contributed by atoms with Gasteiger partial charge in [-0.3, -0.25) is 0 Å². The molecular weight excluding hydrogens is 745 g/mol. The van der Waals surface area contributed by atoms with Gasteiger partial charge < -0.3 is 18.6 Å². The van der Waals surface area contributed by atoms with E-state index < -0.39 is 10.1 Å². The van der Waals surface area contributed by atoms with Crippen LogP contribution in [0.4, 0.5) is 5.69 Å². The molecule has 4 aromatic rings. The first-order chi connectivity index (χ1) is 28.1. The van der Waals surface area contributed by atoms with Crippen LogP contribution in [0, 0.1) is 0 Å². The van der Waals surface area contributed by atoms with Gasteiger partial charge in [0, 0.05) is 47.4 Å². The molecule has 0 saturated heterocycles. The number of carbonyl (C=O) groups is 1. The summed E-state index contributed by atoms with van der Waals surface area (Å²) < 4.78 is 47.2. The minimum absolute atomic E-state index is 0.161. The van der Waals surface area contributed by atoms with Gasteiger partial charge in [0.1, 0.15) is 34.6 Å². The van der Waals surface area contributed by atoms with Crippen molar-refractivity contribution in [3.63, 3.8) is 0 Å². The normalized spacial score (nSPS) is 11.4. The zero-order valence-electron chi connectivity index (χ0n) is 35.2. The molecule has 4 aromatic carbocycles. The fourth-order valence-corrected chi connectivity index (χ4v) is 8.27. The van der Waals surface area contributed by atoms with Crippen LogP contribution in [0.25, 0.3) is 44.2 Å². The van der Waals surface area contributed by atoms with Gasteiger partial charge in [-0.05, 0) is 98.8 Å². The lowest BCUT2D eigenvalue weighted by atomic mass is 9.90. The SMILES string of the molecule is CCCCCCCCCCc1ccc2cc(S(=O)(=O)[O-])ccc2c1.CCN(CC)c1ccc2c(-c3ccccc3C(=O)OC)c3ccc(=[N+](CC)CC)cc-3oc2c1. The number of fused-ring (bicyclic) bond motifs is 3. The largest absolute Gasteiger partial charge is 0.744 e. The van der Waals surface area contributed by atoms with E-state index in [2.05, 4.69) is 86.6 Å². The highest BCUT2D eigenvalue weighted by Crippen LogP contribution is 2.42. The topological polar surface area (TPSA) is 103 Å². The first-order valence-corrected chi connectivity index (χ1v) is 22.5. The lowest BCUT2D eigenvalue weighted by molar-refractivity contribution is 0.0601. The van der Waals surface area contributed by atoms with Crippen molar-refractivity contribution in [2.75, 3.05) is 38.2 Å². The van der Waals surface area contributed by atoms with Crippen LogP contribution in [-0.2, 0) is 21.3 Å². The minimum atomic E-state index is -4.38. The summed E-state index contributed by atoms with van der Waals surface area (Å²) in [4.78, 5) is 14.8. The standard InChI is InChI=1S/C29H33N2O3.C20H28O3S/c1-6-30(7-2)20-14-16-24-26(18-20)34-27-19-21(31(8-3)9-4)15-17-25(27)28(24)22-12-10-11-13-23(22)29(32)33-5;1-2-3-4-5-6-7-8-9-10-17-11-12-19-16-20(24(21,22)23)14-13-18(19)15-17/h10-19H,6-9H2,1-5H3;11-16H,2-10H2,1H3,(H,21,22,23)/q+1;/p-1. The summed E-state index contributed by atoms with van der Waals surface area (Å²) in [5.74, 6) is 0.445. The highest BCUT2D eigenvalue weighted by Gasteiger charge is 2.23. The van der Waals surface area contributed by atoms with Gasteiger partial charge in [-0.25, -0.2) is 17.8 Å². The quantitative estimate of drug-likeness (QED) is 0.0297. The molecule has 1 aliphatic carbocycles. The summed E-state index contributed by atoms with van der Waals surface area (Å²) in [5, 5.41) is 3.87. The Labute approximate surface area is 345 Å². The molecule has 0 radical (unpaired) electrons. The number of methoxy groups -OCH3 is 1. The Morgan fingerprint density at radius 2 is 1.40 bits per heavy atom. The molecule has 2 aliphatic rings. The predicted octanol–water partition coefficient (Wildman–Crippen LogP) is 11.1. The van der Waals surface area contributed by atoms with E-state index in [1.807, 2.05) is 36.4 Å². The fourth-order valence-electron chi connectivity index (χ4n) is 7.77. The van der Waals surface area contributed by atoms with Crippen molar-refractivity contribution in [3.05, 3.63) is 114 Å². The lowest BCUT2D eigenvalue weighted by Gasteiger charge is -2.22. The van der Waals surface area contributed by atoms with Gasteiger partial charge in [-0.1, -0.05) is 94.3 Å². The summed E-state index contributed by atoms with van der Waals surface area (Å²) in [7, 11) is -2.96. The number of anilines is 1. The highest BCUT2D eigenvalue weighted by atomic mass is 32.2. The molecule has 8 nitrogen and oxygen atoms in total. The summed E-state index contributed by atoms with van der Waals surface area (Å²) in [6, 6.07) is 30.9. The van der Waals surface area contributed by atoms with Crippen molar-refractivity contribution in [1.82, 2.24) is 4.58 Å². The van der Waals surface area contributed by atoms with Crippen molar-refractivity contribution < 1.29 is 26.9 Å². The van der Waals surface area contributed by atoms with Crippen molar-refractivity contribution in [2.24, 2.45) is 0 Å². The molecule has 0 bridgehead atoms. The van der Waals surface area contributed by atoms with Crippen LogP contribution in [0.1, 0.15) is 102 Å². The minimum Gasteiger partial charge on any atom is -0.744 e.